The highest BCUT2D eigenvalue weighted by atomic mass is 16.4. The second-order valence-corrected chi connectivity index (χ2v) is 5.90. The fourth-order valence-electron chi connectivity index (χ4n) is 2.75. The summed E-state index contributed by atoms with van der Waals surface area (Å²) in [6.45, 7) is 1.85. The SMILES string of the molecule is CCCC(NC(=O)CN(CC(=O)O)c1ccccc1)c1ccccc1. The van der Waals surface area contributed by atoms with Gasteiger partial charge in [0.2, 0.25) is 5.91 Å². The zero-order valence-electron chi connectivity index (χ0n) is 14.4. The minimum atomic E-state index is -0.968. The summed E-state index contributed by atoms with van der Waals surface area (Å²) in [6, 6.07) is 18.9. The van der Waals surface area contributed by atoms with E-state index < -0.39 is 5.97 Å². The predicted octanol–water partition coefficient (Wildman–Crippen LogP) is 3.24. The molecule has 0 spiro atoms. The smallest absolute Gasteiger partial charge is 0.323 e. The number of carboxylic acid groups (broad SMARTS) is 1. The lowest BCUT2D eigenvalue weighted by Crippen LogP contribution is -2.41. The Balaban J connectivity index is 2.07. The van der Waals surface area contributed by atoms with Crippen molar-refractivity contribution in [3.8, 4) is 0 Å². The van der Waals surface area contributed by atoms with Gasteiger partial charge in [-0.15, -0.1) is 0 Å². The van der Waals surface area contributed by atoms with Crippen molar-refractivity contribution in [3.63, 3.8) is 0 Å². The first kappa shape index (κ1) is 18.5. The summed E-state index contributed by atoms with van der Waals surface area (Å²) in [7, 11) is 0. The van der Waals surface area contributed by atoms with Gasteiger partial charge in [0.25, 0.3) is 0 Å². The number of rotatable bonds is 9. The van der Waals surface area contributed by atoms with Crippen LogP contribution in [0, 0.1) is 0 Å². The molecular weight excluding hydrogens is 316 g/mol. The lowest BCUT2D eigenvalue weighted by Gasteiger charge is -2.24. The van der Waals surface area contributed by atoms with Gasteiger partial charge in [-0.25, -0.2) is 0 Å². The van der Waals surface area contributed by atoms with Crippen molar-refractivity contribution >= 4 is 17.6 Å². The van der Waals surface area contributed by atoms with Crippen molar-refractivity contribution in [1.29, 1.82) is 0 Å². The summed E-state index contributed by atoms with van der Waals surface area (Å²) in [4.78, 5) is 25.2. The third-order valence-electron chi connectivity index (χ3n) is 3.90. The van der Waals surface area contributed by atoms with Gasteiger partial charge < -0.3 is 15.3 Å². The Labute approximate surface area is 148 Å². The number of para-hydroxylation sites is 1. The van der Waals surface area contributed by atoms with Crippen LogP contribution in [0.15, 0.2) is 60.7 Å². The van der Waals surface area contributed by atoms with Gasteiger partial charge in [-0.05, 0) is 24.1 Å². The number of carbonyl (C=O) groups excluding carboxylic acids is 1. The molecule has 2 N–H and O–H groups in total. The number of amides is 1. The molecule has 0 aliphatic carbocycles. The number of hydrogen-bond acceptors (Lipinski definition) is 3. The van der Waals surface area contributed by atoms with E-state index in [0.29, 0.717) is 5.69 Å². The molecule has 25 heavy (non-hydrogen) atoms. The zero-order chi connectivity index (χ0) is 18.1. The lowest BCUT2D eigenvalue weighted by atomic mass is 10.0. The van der Waals surface area contributed by atoms with Crippen LogP contribution in [0.5, 0.6) is 0 Å². The van der Waals surface area contributed by atoms with Gasteiger partial charge in [-0.3, -0.25) is 9.59 Å². The van der Waals surface area contributed by atoms with Crippen molar-refractivity contribution < 1.29 is 14.7 Å². The van der Waals surface area contributed by atoms with E-state index in [4.69, 9.17) is 5.11 Å². The zero-order valence-corrected chi connectivity index (χ0v) is 14.4. The predicted molar refractivity (Wildman–Crippen MR) is 98.5 cm³/mol. The highest BCUT2D eigenvalue weighted by molar-refractivity contribution is 5.84. The molecule has 0 heterocycles. The first-order valence-electron chi connectivity index (χ1n) is 8.46. The van der Waals surface area contributed by atoms with E-state index in [1.807, 2.05) is 48.5 Å². The van der Waals surface area contributed by atoms with Crippen LogP contribution in [0.1, 0.15) is 31.4 Å². The third kappa shape index (κ3) is 5.95. The van der Waals surface area contributed by atoms with Crippen molar-refractivity contribution in [2.75, 3.05) is 18.0 Å². The van der Waals surface area contributed by atoms with E-state index in [2.05, 4.69) is 12.2 Å². The van der Waals surface area contributed by atoms with Crippen molar-refractivity contribution in [2.45, 2.75) is 25.8 Å². The first-order valence-corrected chi connectivity index (χ1v) is 8.46. The maximum atomic E-state index is 12.5. The van der Waals surface area contributed by atoms with Gasteiger partial charge in [0.1, 0.15) is 6.54 Å². The molecule has 5 heteroatoms. The number of nitrogens with one attached hydrogen (secondary N) is 1. The Morgan fingerprint density at radius 3 is 2.16 bits per heavy atom. The number of nitrogens with zero attached hydrogens (tertiary/aromatic N) is 1. The number of aliphatic carboxylic acids is 1. The van der Waals surface area contributed by atoms with Crippen molar-refractivity contribution in [1.82, 2.24) is 5.32 Å². The Bertz CT molecular complexity index is 674. The molecule has 2 rings (SSSR count). The summed E-state index contributed by atoms with van der Waals surface area (Å²) in [5, 5.41) is 12.2. The van der Waals surface area contributed by atoms with Crippen LogP contribution in [0.3, 0.4) is 0 Å². The quantitative estimate of drug-likeness (QED) is 0.735. The molecule has 1 amide bonds. The molecule has 132 valence electrons. The minimum absolute atomic E-state index is 0.00333. The minimum Gasteiger partial charge on any atom is -0.480 e. The van der Waals surface area contributed by atoms with Gasteiger partial charge >= 0.3 is 5.97 Å². The highest BCUT2D eigenvalue weighted by Gasteiger charge is 2.18. The molecule has 0 aliphatic heterocycles. The van der Waals surface area contributed by atoms with Crippen LogP contribution in [0.4, 0.5) is 5.69 Å². The van der Waals surface area contributed by atoms with E-state index in [-0.39, 0.29) is 25.0 Å². The third-order valence-corrected chi connectivity index (χ3v) is 3.90. The van der Waals surface area contributed by atoms with Gasteiger partial charge in [0, 0.05) is 5.69 Å². The Kier molecular flexibility index (Phi) is 7.01. The largest absolute Gasteiger partial charge is 0.480 e. The maximum absolute atomic E-state index is 12.5. The molecule has 0 fully saturated rings. The average Bonchev–Trinajstić information content (AvgIpc) is 2.62. The summed E-state index contributed by atoms with van der Waals surface area (Å²) in [6.07, 6.45) is 1.78. The molecule has 0 saturated carbocycles. The molecule has 0 radical (unpaired) electrons. The normalized spacial score (nSPS) is 11.6. The van der Waals surface area contributed by atoms with E-state index in [9.17, 15) is 9.59 Å². The Morgan fingerprint density at radius 2 is 1.60 bits per heavy atom. The van der Waals surface area contributed by atoms with Crippen LogP contribution in [0.25, 0.3) is 0 Å². The van der Waals surface area contributed by atoms with Crippen molar-refractivity contribution in [2.24, 2.45) is 0 Å². The molecule has 1 atom stereocenters. The molecule has 0 saturated heterocycles. The van der Waals surface area contributed by atoms with Crippen LogP contribution < -0.4 is 10.2 Å². The van der Waals surface area contributed by atoms with E-state index >= 15 is 0 Å². The molecule has 0 aromatic heterocycles. The van der Waals surface area contributed by atoms with Crippen LogP contribution in [-0.4, -0.2) is 30.1 Å². The monoisotopic (exact) mass is 340 g/mol. The Hall–Kier alpha value is -2.82. The number of hydrogen-bond donors (Lipinski definition) is 2. The average molecular weight is 340 g/mol. The van der Waals surface area contributed by atoms with Crippen LogP contribution >= 0.6 is 0 Å². The molecule has 2 aromatic carbocycles. The van der Waals surface area contributed by atoms with Gasteiger partial charge in [-0.1, -0.05) is 61.9 Å². The standard InChI is InChI=1S/C20H24N2O3/c1-2-9-18(16-10-5-3-6-11-16)21-19(23)14-22(15-20(24)25)17-12-7-4-8-13-17/h3-8,10-13,18H,2,9,14-15H2,1H3,(H,21,23)(H,24,25). The fraction of sp³-hybridized carbons (Fsp3) is 0.300. The summed E-state index contributed by atoms with van der Waals surface area (Å²) < 4.78 is 0. The van der Waals surface area contributed by atoms with Crippen LogP contribution in [-0.2, 0) is 9.59 Å². The summed E-state index contributed by atoms with van der Waals surface area (Å²) in [5.41, 5.74) is 1.77. The molecular formula is C20H24N2O3. The molecule has 0 aliphatic rings. The van der Waals surface area contributed by atoms with Gasteiger partial charge in [0.15, 0.2) is 0 Å². The fourth-order valence-corrected chi connectivity index (χ4v) is 2.75. The number of carboxylic acids is 1. The lowest BCUT2D eigenvalue weighted by molar-refractivity contribution is -0.135. The molecule has 0 bridgehead atoms. The number of benzene rings is 2. The topological polar surface area (TPSA) is 69.6 Å². The maximum Gasteiger partial charge on any atom is 0.323 e. The highest BCUT2D eigenvalue weighted by Crippen LogP contribution is 2.18. The number of anilines is 1. The number of carbonyl (C=O) groups is 2. The Morgan fingerprint density at radius 1 is 1.00 bits per heavy atom. The summed E-state index contributed by atoms with van der Waals surface area (Å²) in [5.74, 6) is -1.16. The second kappa shape index (κ2) is 9.47. The van der Waals surface area contributed by atoms with Crippen LogP contribution in [0.2, 0.25) is 0 Å². The van der Waals surface area contributed by atoms with E-state index in [1.54, 1.807) is 17.0 Å². The van der Waals surface area contributed by atoms with E-state index in [1.165, 1.54) is 0 Å². The molecule has 5 nitrogen and oxygen atoms in total. The molecule has 2 aromatic rings. The van der Waals surface area contributed by atoms with Gasteiger partial charge in [-0.2, -0.15) is 0 Å². The second-order valence-electron chi connectivity index (χ2n) is 5.90. The van der Waals surface area contributed by atoms with E-state index in [0.717, 1.165) is 18.4 Å². The van der Waals surface area contributed by atoms with Gasteiger partial charge in [0.05, 0.1) is 12.6 Å². The summed E-state index contributed by atoms with van der Waals surface area (Å²) >= 11 is 0. The first-order chi connectivity index (χ1) is 12.1. The van der Waals surface area contributed by atoms with Crippen molar-refractivity contribution in [3.05, 3.63) is 66.2 Å². The molecule has 1 unspecified atom stereocenters.